The van der Waals surface area contributed by atoms with Crippen molar-refractivity contribution in [3.8, 4) is 5.75 Å². The number of benzene rings is 3. The van der Waals surface area contributed by atoms with Gasteiger partial charge in [0.2, 0.25) is 6.10 Å². The van der Waals surface area contributed by atoms with Crippen LogP contribution in [0.1, 0.15) is 23.7 Å². The summed E-state index contributed by atoms with van der Waals surface area (Å²) in [7, 11) is 1.51. The van der Waals surface area contributed by atoms with Gasteiger partial charge >= 0.3 is 5.97 Å². The highest BCUT2D eigenvalue weighted by Gasteiger charge is 2.26. The number of nitrogens with one attached hydrogen (secondary N) is 1. The van der Waals surface area contributed by atoms with Crippen molar-refractivity contribution in [2.45, 2.75) is 26.0 Å². The molecule has 4 aromatic rings. The lowest BCUT2D eigenvalue weighted by molar-refractivity contribution is -0.155. The number of rotatable bonds is 8. The Balaban J connectivity index is 1.50. The summed E-state index contributed by atoms with van der Waals surface area (Å²) in [5.74, 6) is -0.709. The van der Waals surface area contributed by atoms with E-state index in [1.54, 1.807) is 66.7 Å². The lowest BCUT2D eigenvalue weighted by atomic mass is 10.1. The summed E-state index contributed by atoms with van der Waals surface area (Å²) in [6.45, 7) is 1.85. The van der Waals surface area contributed by atoms with Crippen LogP contribution >= 0.6 is 0 Å². The number of aryl methyl sites for hydroxylation is 2. The number of carbonyl (C=O) groups is 2. The van der Waals surface area contributed by atoms with Gasteiger partial charge in [0, 0.05) is 5.56 Å². The van der Waals surface area contributed by atoms with E-state index in [9.17, 15) is 14.4 Å². The van der Waals surface area contributed by atoms with Gasteiger partial charge in [-0.1, -0.05) is 53.7 Å². The van der Waals surface area contributed by atoms with Crippen molar-refractivity contribution in [2.75, 3.05) is 12.4 Å². The molecule has 0 aliphatic rings. The monoisotopic (exact) mass is 472 g/mol. The first-order chi connectivity index (χ1) is 17.0. The van der Waals surface area contributed by atoms with E-state index in [0.29, 0.717) is 27.9 Å². The van der Waals surface area contributed by atoms with Crippen molar-refractivity contribution in [3.63, 3.8) is 0 Å². The number of carbonyl (C=O) groups excluding carboxylic acids is 2. The third kappa shape index (κ3) is 5.52. The quantitative estimate of drug-likeness (QED) is 0.391. The average Bonchev–Trinajstić information content (AvgIpc) is 2.87. The normalized spacial score (nSPS) is 11.6. The molecule has 9 nitrogen and oxygen atoms in total. The van der Waals surface area contributed by atoms with Crippen LogP contribution in [0.5, 0.6) is 5.75 Å². The lowest BCUT2D eigenvalue weighted by Gasteiger charge is -2.19. The van der Waals surface area contributed by atoms with Gasteiger partial charge in [-0.05, 0) is 36.8 Å². The Kier molecular flexibility index (Phi) is 7.15. The molecule has 0 saturated heterocycles. The van der Waals surface area contributed by atoms with Gasteiger partial charge in [0.25, 0.3) is 11.5 Å². The SMILES string of the molecule is COc1ccc(C)cc1NC(=O)C(OC(=O)CCn1nnc2ccccc2c1=O)c1ccccc1. The van der Waals surface area contributed by atoms with E-state index in [2.05, 4.69) is 15.6 Å². The number of nitrogens with zero attached hydrogens (tertiary/aromatic N) is 3. The molecule has 0 fully saturated rings. The third-order valence-corrected chi connectivity index (χ3v) is 5.36. The molecule has 35 heavy (non-hydrogen) atoms. The number of hydrogen-bond acceptors (Lipinski definition) is 7. The molecule has 4 rings (SSSR count). The van der Waals surface area contributed by atoms with Crippen LogP contribution in [0.2, 0.25) is 0 Å². The minimum absolute atomic E-state index is 0.0374. The van der Waals surface area contributed by atoms with E-state index in [0.717, 1.165) is 10.2 Å². The van der Waals surface area contributed by atoms with E-state index in [1.807, 2.05) is 13.0 Å². The number of ether oxygens (including phenoxy) is 2. The first-order valence-electron chi connectivity index (χ1n) is 11.0. The second kappa shape index (κ2) is 10.6. The van der Waals surface area contributed by atoms with Crippen LogP contribution in [0.3, 0.4) is 0 Å². The number of hydrogen-bond donors (Lipinski definition) is 1. The molecule has 0 bridgehead atoms. The fourth-order valence-corrected chi connectivity index (χ4v) is 3.58. The van der Waals surface area contributed by atoms with Crippen molar-refractivity contribution in [2.24, 2.45) is 0 Å². The van der Waals surface area contributed by atoms with Crippen molar-refractivity contribution in [1.82, 2.24) is 15.0 Å². The number of fused-ring (bicyclic) bond motifs is 1. The molecule has 1 N–H and O–H groups in total. The Morgan fingerprint density at radius 1 is 1.03 bits per heavy atom. The zero-order chi connectivity index (χ0) is 24.8. The van der Waals surface area contributed by atoms with Crippen LogP contribution in [-0.2, 0) is 20.9 Å². The number of amides is 1. The van der Waals surface area contributed by atoms with Gasteiger partial charge in [-0.3, -0.25) is 14.4 Å². The van der Waals surface area contributed by atoms with Crippen molar-refractivity contribution in [1.29, 1.82) is 0 Å². The van der Waals surface area contributed by atoms with Crippen LogP contribution < -0.4 is 15.6 Å². The average molecular weight is 473 g/mol. The molecule has 0 aliphatic carbocycles. The van der Waals surface area contributed by atoms with Gasteiger partial charge in [0.05, 0.1) is 31.1 Å². The summed E-state index contributed by atoms with van der Waals surface area (Å²) in [4.78, 5) is 38.5. The van der Waals surface area contributed by atoms with Gasteiger partial charge in [0.1, 0.15) is 11.3 Å². The van der Waals surface area contributed by atoms with Crippen LogP contribution in [0.4, 0.5) is 5.69 Å². The predicted octanol–water partition coefficient (Wildman–Crippen LogP) is 3.42. The summed E-state index contributed by atoms with van der Waals surface area (Å²) in [6, 6.07) is 20.9. The second-order valence-corrected chi connectivity index (χ2v) is 7.86. The van der Waals surface area contributed by atoms with Crippen LogP contribution in [0.25, 0.3) is 10.9 Å². The maximum atomic E-state index is 13.2. The van der Waals surface area contributed by atoms with E-state index < -0.39 is 18.0 Å². The molecular weight excluding hydrogens is 448 g/mol. The molecule has 3 aromatic carbocycles. The van der Waals surface area contributed by atoms with Crippen molar-refractivity contribution < 1.29 is 19.1 Å². The predicted molar refractivity (Wildman–Crippen MR) is 130 cm³/mol. The highest BCUT2D eigenvalue weighted by molar-refractivity contribution is 5.97. The standard InChI is InChI=1S/C26H24N4O5/c1-17-12-13-22(34-2)21(16-17)27-25(32)24(18-8-4-3-5-9-18)35-23(31)14-15-30-26(33)19-10-6-7-11-20(19)28-29-30/h3-13,16,24H,14-15H2,1-2H3,(H,27,32). The minimum atomic E-state index is -1.20. The van der Waals surface area contributed by atoms with Gasteiger partial charge in [-0.15, -0.1) is 5.10 Å². The summed E-state index contributed by atoms with van der Waals surface area (Å²) >= 11 is 0. The highest BCUT2D eigenvalue weighted by atomic mass is 16.5. The van der Waals surface area contributed by atoms with Gasteiger partial charge in [0.15, 0.2) is 0 Å². The van der Waals surface area contributed by atoms with Crippen molar-refractivity contribution >= 4 is 28.5 Å². The minimum Gasteiger partial charge on any atom is -0.495 e. The van der Waals surface area contributed by atoms with E-state index in [4.69, 9.17) is 9.47 Å². The fourth-order valence-electron chi connectivity index (χ4n) is 3.58. The summed E-state index contributed by atoms with van der Waals surface area (Å²) < 4.78 is 12.0. The largest absolute Gasteiger partial charge is 0.495 e. The Labute approximate surface area is 201 Å². The second-order valence-electron chi connectivity index (χ2n) is 7.86. The molecule has 1 aromatic heterocycles. The number of methoxy groups -OCH3 is 1. The first kappa shape index (κ1) is 23.6. The zero-order valence-electron chi connectivity index (χ0n) is 19.3. The number of esters is 1. The molecule has 1 heterocycles. The topological polar surface area (TPSA) is 112 Å². The Bertz CT molecular complexity index is 1420. The zero-order valence-corrected chi connectivity index (χ0v) is 19.3. The summed E-state index contributed by atoms with van der Waals surface area (Å²) in [5, 5.41) is 11.1. The smallest absolute Gasteiger partial charge is 0.308 e. The molecule has 1 atom stereocenters. The molecule has 0 radical (unpaired) electrons. The third-order valence-electron chi connectivity index (χ3n) is 5.36. The summed E-state index contributed by atoms with van der Waals surface area (Å²) in [5.41, 5.74) is 2.02. The number of anilines is 1. The molecule has 1 unspecified atom stereocenters. The summed E-state index contributed by atoms with van der Waals surface area (Å²) in [6.07, 6.45) is -1.37. The number of aromatic nitrogens is 3. The Morgan fingerprint density at radius 2 is 1.77 bits per heavy atom. The Hall–Kier alpha value is -4.53. The van der Waals surface area contributed by atoms with Gasteiger partial charge in [-0.2, -0.15) is 0 Å². The highest BCUT2D eigenvalue weighted by Crippen LogP contribution is 2.28. The maximum absolute atomic E-state index is 13.2. The van der Waals surface area contributed by atoms with E-state index in [1.165, 1.54) is 7.11 Å². The maximum Gasteiger partial charge on any atom is 0.308 e. The molecule has 0 aliphatic heterocycles. The van der Waals surface area contributed by atoms with E-state index >= 15 is 0 Å². The van der Waals surface area contributed by atoms with Crippen LogP contribution in [0, 0.1) is 6.92 Å². The van der Waals surface area contributed by atoms with Crippen LogP contribution in [0.15, 0.2) is 77.6 Å². The Morgan fingerprint density at radius 3 is 2.54 bits per heavy atom. The molecule has 0 spiro atoms. The van der Waals surface area contributed by atoms with Crippen molar-refractivity contribution in [3.05, 3.63) is 94.3 Å². The van der Waals surface area contributed by atoms with Gasteiger partial charge in [-0.25, -0.2) is 4.68 Å². The molecule has 9 heteroatoms. The molecule has 0 saturated carbocycles. The lowest BCUT2D eigenvalue weighted by Crippen LogP contribution is -2.28. The fraction of sp³-hybridized carbons (Fsp3) is 0.192. The molecular formula is C26H24N4O5. The van der Waals surface area contributed by atoms with E-state index in [-0.39, 0.29) is 18.5 Å². The van der Waals surface area contributed by atoms with Crippen LogP contribution in [-0.4, -0.2) is 34.0 Å². The first-order valence-corrected chi connectivity index (χ1v) is 11.0. The van der Waals surface area contributed by atoms with Gasteiger partial charge < -0.3 is 14.8 Å². The molecule has 1 amide bonds. The molecule has 178 valence electrons.